The lowest BCUT2D eigenvalue weighted by Crippen LogP contribution is -2.08. The summed E-state index contributed by atoms with van der Waals surface area (Å²) in [5.41, 5.74) is 0.614. The molecule has 6 heteroatoms. The lowest BCUT2D eigenvalue weighted by Gasteiger charge is -2.04. The van der Waals surface area contributed by atoms with Crippen LogP contribution in [0.15, 0.2) is 42.4 Å². The van der Waals surface area contributed by atoms with Crippen LogP contribution in [0.1, 0.15) is 19.4 Å². The molecule has 108 valence electrons. The van der Waals surface area contributed by atoms with Crippen LogP contribution in [-0.4, -0.2) is 12.1 Å². The number of benzene rings is 1. The monoisotopic (exact) mass is 286 g/mol. The van der Waals surface area contributed by atoms with E-state index < -0.39 is 18.1 Å². The molecule has 0 fully saturated rings. The van der Waals surface area contributed by atoms with Gasteiger partial charge in [-0.1, -0.05) is 12.1 Å². The molecule has 0 aromatic heterocycles. The first kappa shape index (κ1) is 15.8. The molecule has 0 N–H and O–H groups in total. The molecule has 20 heavy (non-hydrogen) atoms. The minimum absolute atomic E-state index is 0.0720. The van der Waals surface area contributed by atoms with E-state index in [0.717, 1.165) is 0 Å². The lowest BCUT2D eigenvalue weighted by molar-refractivity contribution is -0.141. The molecule has 1 aromatic rings. The van der Waals surface area contributed by atoms with Crippen LogP contribution in [0, 0.1) is 0 Å². The average molecular weight is 286 g/mol. The Morgan fingerprint density at radius 1 is 1.15 bits per heavy atom. The third-order valence-electron chi connectivity index (χ3n) is 2.00. The lowest BCUT2D eigenvalue weighted by atomic mass is 10.2. The van der Waals surface area contributed by atoms with Crippen LogP contribution in [0.4, 0.5) is 13.2 Å². The fourth-order valence-electron chi connectivity index (χ4n) is 1.22. The van der Waals surface area contributed by atoms with E-state index in [4.69, 9.17) is 4.74 Å². The molecule has 0 aliphatic carbocycles. The Kier molecular flexibility index (Phi) is 5.83. The van der Waals surface area contributed by atoms with E-state index in [1.807, 2.05) is 0 Å². The van der Waals surface area contributed by atoms with Crippen molar-refractivity contribution in [3.05, 3.63) is 48.0 Å². The van der Waals surface area contributed by atoms with Crippen molar-refractivity contribution in [2.75, 3.05) is 0 Å². The molecule has 0 atom stereocenters. The van der Waals surface area contributed by atoms with Gasteiger partial charge in [-0.15, -0.1) is 0 Å². The number of hydrogen-bond donors (Lipinski definition) is 0. The largest absolute Gasteiger partial charge is 0.460 e. The van der Waals surface area contributed by atoms with Crippen molar-refractivity contribution < 1.29 is 27.4 Å². The zero-order chi connectivity index (χ0) is 15.1. The Morgan fingerprint density at radius 2 is 1.75 bits per heavy atom. The molecular formula is C14H13F3O3. The number of ether oxygens (including phenoxy) is 2. The maximum atomic E-state index is 12.5. The third kappa shape index (κ3) is 5.60. The molecule has 0 unspecified atom stereocenters. The van der Waals surface area contributed by atoms with Crippen molar-refractivity contribution in [2.45, 2.75) is 20.0 Å². The highest BCUT2D eigenvalue weighted by atomic mass is 19.3. The van der Waals surface area contributed by atoms with Gasteiger partial charge in [0.15, 0.2) is 0 Å². The predicted molar refractivity (Wildman–Crippen MR) is 67.7 cm³/mol. The zero-order valence-corrected chi connectivity index (χ0v) is 10.9. The fraction of sp³-hybridized carbons (Fsp3) is 0.214. The second kappa shape index (κ2) is 7.37. The summed E-state index contributed by atoms with van der Waals surface area (Å²) in [5, 5.41) is 0. The first-order chi connectivity index (χ1) is 9.38. The summed E-state index contributed by atoms with van der Waals surface area (Å²) in [6.07, 6.45) is -0.0210. The van der Waals surface area contributed by atoms with Gasteiger partial charge >= 0.3 is 18.1 Å². The Morgan fingerprint density at radius 3 is 2.25 bits per heavy atom. The fourth-order valence-corrected chi connectivity index (χ4v) is 1.22. The highest BCUT2D eigenvalue weighted by molar-refractivity contribution is 5.87. The Labute approximate surface area is 114 Å². The van der Waals surface area contributed by atoms with Crippen molar-refractivity contribution in [1.82, 2.24) is 0 Å². The quantitative estimate of drug-likeness (QED) is 0.465. The van der Waals surface area contributed by atoms with Gasteiger partial charge in [-0.25, -0.2) is 4.79 Å². The molecule has 1 aromatic carbocycles. The van der Waals surface area contributed by atoms with Gasteiger partial charge in [0.05, 0.1) is 6.10 Å². The number of rotatable bonds is 5. The van der Waals surface area contributed by atoms with E-state index in [9.17, 15) is 18.0 Å². The molecule has 0 aliphatic heterocycles. The zero-order valence-electron chi connectivity index (χ0n) is 10.9. The van der Waals surface area contributed by atoms with Crippen LogP contribution in [0.25, 0.3) is 6.08 Å². The first-order valence-electron chi connectivity index (χ1n) is 5.76. The average Bonchev–Trinajstić information content (AvgIpc) is 2.37. The standard InChI is InChI=1S/C14H13F3O3/c1-9(2)19-12(18)8-5-10-3-6-11(7-4-10)20-14(17)13(15)16/h3-9H,1-2H3. The Balaban J connectivity index is 2.65. The minimum atomic E-state index is -2.52. The number of carbonyl (C=O) groups is 1. The highest BCUT2D eigenvalue weighted by Gasteiger charge is 2.07. The van der Waals surface area contributed by atoms with E-state index in [2.05, 4.69) is 4.74 Å². The smallest absolute Gasteiger partial charge is 0.344 e. The molecule has 1 rings (SSSR count). The first-order valence-corrected chi connectivity index (χ1v) is 5.76. The number of esters is 1. The summed E-state index contributed by atoms with van der Waals surface area (Å²) in [5.74, 6) is -0.564. The summed E-state index contributed by atoms with van der Waals surface area (Å²) in [4.78, 5) is 11.2. The van der Waals surface area contributed by atoms with Crippen molar-refractivity contribution in [1.29, 1.82) is 0 Å². The van der Waals surface area contributed by atoms with Crippen LogP contribution in [0.3, 0.4) is 0 Å². The van der Waals surface area contributed by atoms with Crippen LogP contribution < -0.4 is 4.74 Å². The predicted octanol–water partition coefficient (Wildman–Crippen LogP) is 4.07. The van der Waals surface area contributed by atoms with Gasteiger partial charge in [-0.05, 0) is 37.6 Å². The van der Waals surface area contributed by atoms with Gasteiger partial charge in [0.1, 0.15) is 5.75 Å². The molecule has 0 bridgehead atoms. The van der Waals surface area contributed by atoms with Crippen molar-refractivity contribution in [3.8, 4) is 5.75 Å². The normalized spacial score (nSPS) is 10.7. The van der Waals surface area contributed by atoms with E-state index in [1.54, 1.807) is 13.8 Å². The van der Waals surface area contributed by atoms with Gasteiger partial charge in [0.2, 0.25) is 0 Å². The van der Waals surface area contributed by atoms with Crippen molar-refractivity contribution in [3.63, 3.8) is 0 Å². The van der Waals surface area contributed by atoms with Crippen LogP contribution >= 0.6 is 0 Å². The second-order valence-corrected chi connectivity index (χ2v) is 4.02. The van der Waals surface area contributed by atoms with Gasteiger partial charge in [0.25, 0.3) is 0 Å². The minimum Gasteiger partial charge on any atom is -0.460 e. The Bertz CT molecular complexity index is 515. The highest BCUT2D eigenvalue weighted by Crippen LogP contribution is 2.19. The summed E-state index contributed by atoms with van der Waals surface area (Å²) >= 11 is 0. The molecule has 0 amide bonds. The van der Waals surface area contributed by atoms with Gasteiger partial charge < -0.3 is 9.47 Å². The van der Waals surface area contributed by atoms with E-state index in [0.29, 0.717) is 5.56 Å². The number of hydrogen-bond acceptors (Lipinski definition) is 3. The van der Waals surface area contributed by atoms with E-state index in [1.165, 1.54) is 36.4 Å². The third-order valence-corrected chi connectivity index (χ3v) is 2.00. The molecule has 0 saturated carbocycles. The topological polar surface area (TPSA) is 35.5 Å². The summed E-state index contributed by atoms with van der Waals surface area (Å²) < 4.78 is 45.3. The molecule has 3 nitrogen and oxygen atoms in total. The van der Waals surface area contributed by atoms with Gasteiger partial charge in [-0.3, -0.25) is 0 Å². The maximum absolute atomic E-state index is 12.5. The number of halogens is 3. The molecule has 0 aliphatic rings. The van der Waals surface area contributed by atoms with E-state index >= 15 is 0 Å². The molecular weight excluding hydrogens is 273 g/mol. The van der Waals surface area contributed by atoms with Gasteiger partial charge in [-0.2, -0.15) is 13.2 Å². The summed E-state index contributed by atoms with van der Waals surface area (Å²) in [6.45, 7) is 3.45. The molecule has 0 heterocycles. The van der Waals surface area contributed by atoms with Gasteiger partial charge in [0, 0.05) is 6.08 Å². The SMILES string of the molecule is CC(C)OC(=O)C=Cc1ccc(OC(F)=C(F)F)cc1. The van der Waals surface area contributed by atoms with Crippen LogP contribution in [-0.2, 0) is 9.53 Å². The van der Waals surface area contributed by atoms with Crippen molar-refractivity contribution >= 4 is 12.0 Å². The van der Waals surface area contributed by atoms with Crippen LogP contribution in [0.5, 0.6) is 5.75 Å². The second-order valence-electron chi connectivity index (χ2n) is 4.02. The molecule has 0 radical (unpaired) electrons. The number of carbonyl (C=O) groups excluding carboxylic acids is 1. The molecule has 0 saturated heterocycles. The summed E-state index contributed by atoms with van der Waals surface area (Å²) in [6, 6.07) is 3.63. The van der Waals surface area contributed by atoms with Crippen molar-refractivity contribution in [2.24, 2.45) is 0 Å². The summed E-state index contributed by atoms with van der Waals surface area (Å²) in [7, 11) is 0. The molecule has 0 spiro atoms. The maximum Gasteiger partial charge on any atom is 0.344 e. The van der Waals surface area contributed by atoms with Crippen LogP contribution in [0.2, 0.25) is 0 Å². The van der Waals surface area contributed by atoms with E-state index in [-0.39, 0.29) is 11.9 Å². The Hall–Kier alpha value is -2.24.